The van der Waals surface area contributed by atoms with Crippen molar-refractivity contribution in [2.24, 2.45) is 4.99 Å². The molecule has 0 aliphatic carbocycles. The quantitative estimate of drug-likeness (QED) is 0.553. The smallest absolute Gasteiger partial charge is 0.182 e. The third-order valence-electron chi connectivity index (χ3n) is 5.17. The third kappa shape index (κ3) is 3.20. The Bertz CT molecular complexity index is 1250. The third-order valence-corrected chi connectivity index (χ3v) is 5.17. The molecule has 2 aromatic carbocycles. The van der Waals surface area contributed by atoms with Gasteiger partial charge in [-0.05, 0) is 24.6 Å². The summed E-state index contributed by atoms with van der Waals surface area (Å²) in [7, 11) is 0. The minimum atomic E-state index is -0.120. The van der Waals surface area contributed by atoms with E-state index in [-0.39, 0.29) is 12.2 Å². The average molecular weight is 383 g/mol. The number of benzene rings is 2. The fraction of sp³-hybridized carbons (Fsp3) is 0.182. The van der Waals surface area contributed by atoms with Crippen LogP contribution in [0.25, 0.3) is 17.4 Å². The van der Waals surface area contributed by atoms with Gasteiger partial charge < -0.3 is 15.2 Å². The molecule has 7 heteroatoms. The molecule has 5 rings (SSSR count). The zero-order valence-electron chi connectivity index (χ0n) is 16.0. The van der Waals surface area contributed by atoms with Crippen LogP contribution in [0.15, 0.2) is 72.2 Å². The average Bonchev–Trinajstić information content (AvgIpc) is 3.27. The predicted molar refractivity (Wildman–Crippen MR) is 114 cm³/mol. The van der Waals surface area contributed by atoms with E-state index in [4.69, 9.17) is 4.99 Å². The summed E-state index contributed by atoms with van der Waals surface area (Å²) in [4.78, 5) is 23.3. The highest BCUT2D eigenvalue weighted by Gasteiger charge is 2.28. The van der Waals surface area contributed by atoms with Crippen LogP contribution in [-0.2, 0) is 0 Å². The van der Waals surface area contributed by atoms with E-state index in [0.29, 0.717) is 5.65 Å². The van der Waals surface area contributed by atoms with Gasteiger partial charge in [0, 0.05) is 17.1 Å². The molecule has 0 saturated heterocycles. The summed E-state index contributed by atoms with van der Waals surface area (Å²) in [6, 6.07) is 18.6. The summed E-state index contributed by atoms with van der Waals surface area (Å²) in [6.45, 7) is 2.15. The summed E-state index contributed by atoms with van der Waals surface area (Å²) < 4.78 is 0. The molecule has 0 radical (unpaired) electrons. The maximum absolute atomic E-state index is 5.10. The monoisotopic (exact) mass is 383 g/mol. The Hall–Kier alpha value is -3.74. The van der Waals surface area contributed by atoms with E-state index in [1.54, 1.807) is 6.33 Å². The number of H-pyrrole nitrogens is 1. The molecular formula is C22H21N7. The molecule has 29 heavy (non-hydrogen) atoms. The van der Waals surface area contributed by atoms with E-state index in [2.05, 4.69) is 67.5 Å². The van der Waals surface area contributed by atoms with Crippen LogP contribution in [0, 0.1) is 0 Å². The van der Waals surface area contributed by atoms with E-state index in [1.807, 2.05) is 30.3 Å². The maximum atomic E-state index is 5.10. The number of nitrogens with one attached hydrogen (secondary N) is 2. The summed E-state index contributed by atoms with van der Waals surface area (Å²) in [5.74, 6) is 0.737. The fourth-order valence-electron chi connectivity index (χ4n) is 3.69. The SMILES string of the molecule is CCC(Nc1ncnc2nc[nH]c12)C1N=c2ccccc2=CN1c1ccccc1. The molecule has 1 aliphatic rings. The molecule has 7 nitrogen and oxygen atoms in total. The molecule has 144 valence electrons. The highest BCUT2D eigenvalue weighted by molar-refractivity contribution is 5.82. The van der Waals surface area contributed by atoms with Crippen LogP contribution < -0.4 is 20.8 Å². The van der Waals surface area contributed by atoms with Gasteiger partial charge in [-0.3, -0.25) is 4.99 Å². The van der Waals surface area contributed by atoms with Gasteiger partial charge in [0.25, 0.3) is 0 Å². The first kappa shape index (κ1) is 17.4. The minimum Gasteiger partial charge on any atom is -0.361 e. The lowest BCUT2D eigenvalue weighted by atomic mass is 10.1. The molecule has 0 bridgehead atoms. The van der Waals surface area contributed by atoms with Crippen LogP contribution in [0.3, 0.4) is 0 Å². The summed E-state index contributed by atoms with van der Waals surface area (Å²) in [6.07, 6.45) is 6.10. The van der Waals surface area contributed by atoms with Gasteiger partial charge in [0.1, 0.15) is 18.0 Å². The predicted octanol–water partition coefficient (Wildman–Crippen LogP) is 2.45. The molecule has 0 amide bonds. The van der Waals surface area contributed by atoms with E-state index >= 15 is 0 Å². The molecule has 0 spiro atoms. The summed E-state index contributed by atoms with van der Waals surface area (Å²) in [5, 5.41) is 5.69. The Kier molecular flexibility index (Phi) is 4.40. The largest absolute Gasteiger partial charge is 0.361 e. The van der Waals surface area contributed by atoms with E-state index < -0.39 is 0 Å². The van der Waals surface area contributed by atoms with Crippen molar-refractivity contribution in [1.82, 2.24) is 19.9 Å². The number of nitrogens with zero attached hydrogens (tertiary/aromatic N) is 5. The van der Waals surface area contributed by atoms with Crippen molar-refractivity contribution >= 4 is 28.9 Å². The van der Waals surface area contributed by atoms with Gasteiger partial charge in [-0.1, -0.05) is 43.3 Å². The van der Waals surface area contributed by atoms with Crippen LogP contribution in [0.5, 0.6) is 0 Å². The molecule has 4 aromatic rings. The summed E-state index contributed by atoms with van der Waals surface area (Å²) in [5.41, 5.74) is 2.55. The van der Waals surface area contributed by atoms with Gasteiger partial charge >= 0.3 is 0 Å². The second-order valence-electron chi connectivity index (χ2n) is 6.96. The lowest BCUT2D eigenvalue weighted by molar-refractivity contribution is 0.538. The molecule has 2 aromatic heterocycles. The lowest BCUT2D eigenvalue weighted by Gasteiger charge is -2.35. The molecule has 0 saturated carbocycles. The van der Waals surface area contributed by atoms with Crippen molar-refractivity contribution < 1.29 is 0 Å². The molecule has 3 heterocycles. The maximum Gasteiger partial charge on any atom is 0.182 e. The Balaban J connectivity index is 1.58. The summed E-state index contributed by atoms with van der Waals surface area (Å²) >= 11 is 0. The van der Waals surface area contributed by atoms with Gasteiger partial charge in [-0.2, -0.15) is 0 Å². The van der Waals surface area contributed by atoms with Crippen molar-refractivity contribution in [1.29, 1.82) is 0 Å². The Morgan fingerprint density at radius 1 is 1.03 bits per heavy atom. The Morgan fingerprint density at radius 2 is 1.86 bits per heavy atom. The number of fused-ring (bicyclic) bond motifs is 2. The second-order valence-corrected chi connectivity index (χ2v) is 6.96. The van der Waals surface area contributed by atoms with Crippen molar-refractivity contribution in [3.8, 4) is 0 Å². The molecule has 2 unspecified atom stereocenters. The van der Waals surface area contributed by atoms with Crippen molar-refractivity contribution in [3.63, 3.8) is 0 Å². The van der Waals surface area contributed by atoms with Gasteiger partial charge in [0.15, 0.2) is 11.5 Å². The number of rotatable bonds is 5. The lowest BCUT2D eigenvalue weighted by Crippen LogP contribution is -2.50. The van der Waals surface area contributed by atoms with Crippen LogP contribution in [0.4, 0.5) is 11.5 Å². The first-order valence-electron chi connectivity index (χ1n) is 9.72. The highest BCUT2D eigenvalue weighted by atomic mass is 15.3. The molecule has 0 fully saturated rings. The number of aromatic nitrogens is 4. The number of para-hydroxylation sites is 2. The molecule has 2 atom stereocenters. The standard InChI is InChI=1S/C22H21N7/c1-2-17(27-21-19-20(24-13-23-19)25-14-26-21)22-28-18-11-7-6-8-15(18)12-29(22)16-9-4-3-5-10-16/h3-14,17,22H,2H2,1H3,(H2,23,24,25,26,27). The number of hydrogen-bond donors (Lipinski definition) is 2. The molecule has 1 aliphatic heterocycles. The Labute approximate surface area is 167 Å². The van der Waals surface area contributed by atoms with Crippen LogP contribution in [0.2, 0.25) is 0 Å². The van der Waals surface area contributed by atoms with Crippen molar-refractivity contribution in [2.45, 2.75) is 25.6 Å². The van der Waals surface area contributed by atoms with Crippen molar-refractivity contribution in [3.05, 3.63) is 77.8 Å². The van der Waals surface area contributed by atoms with Crippen LogP contribution >= 0.6 is 0 Å². The topological polar surface area (TPSA) is 82.1 Å². The first-order chi connectivity index (χ1) is 14.3. The molecular weight excluding hydrogens is 362 g/mol. The number of aromatic amines is 1. The van der Waals surface area contributed by atoms with Gasteiger partial charge in [-0.25, -0.2) is 15.0 Å². The van der Waals surface area contributed by atoms with Gasteiger partial charge in [0.2, 0.25) is 0 Å². The number of imidazole rings is 1. The zero-order valence-corrected chi connectivity index (χ0v) is 16.0. The zero-order chi connectivity index (χ0) is 19.6. The van der Waals surface area contributed by atoms with E-state index in [9.17, 15) is 0 Å². The second kappa shape index (κ2) is 7.35. The Morgan fingerprint density at radius 3 is 2.72 bits per heavy atom. The minimum absolute atomic E-state index is 0.0289. The molecule has 2 N–H and O–H groups in total. The highest BCUT2D eigenvalue weighted by Crippen LogP contribution is 2.25. The van der Waals surface area contributed by atoms with Crippen LogP contribution in [0.1, 0.15) is 13.3 Å². The number of hydrogen-bond acceptors (Lipinski definition) is 6. The number of anilines is 2. The van der Waals surface area contributed by atoms with Gasteiger partial charge in [0.05, 0.1) is 17.7 Å². The van der Waals surface area contributed by atoms with E-state index in [1.165, 1.54) is 6.33 Å². The normalized spacial score (nSPS) is 16.6. The fourth-order valence-corrected chi connectivity index (χ4v) is 3.69. The first-order valence-corrected chi connectivity index (χ1v) is 9.72. The van der Waals surface area contributed by atoms with Crippen molar-refractivity contribution in [2.75, 3.05) is 10.2 Å². The van der Waals surface area contributed by atoms with Gasteiger partial charge in [-0.15, -0.1) is 0 Å². The van der Waals surface area contributed by atoms with Crippen LogP contribution in [-0.4, -0.2) is 32.1 Å². The van der Waals surface area contributed by atoms with E-state index in [0.717, 1.165) is 34.0 Å².